The Morgan fingerprint density at radius 3 is 3.00 bits per heavy atom. The average Bonchev–Trinajstić information content (AvgIpc) is 2.49. The molecule has 0 saturated carbocycles. The van der Waals surface area contributed by atoms with Crippen LogP contribution in [0.4, 0.5) is 0 Å². The fourth-order valence-electron chi connectivity index (χ4n) is 2.00. The number of rotatable bonds is 2. The van der Waals surface area contributed by atoms with Crippen molar-refractivity contribution < 1.29 is 0 Å². The van der Waals surface area contributed by atoms with Gasteiger partial charge in [-0.2, -0.15) is 0 Å². The zero-order valence-corrected chi connectivity index (χ0v) is 10.2. The molecule has 0 bridgehead atoms. The zero-order valence-electron chi connectivity index (χ0n) is 8.66. The lowest BCUT2D eigenvalue weighted by molar-refractivity contribution is 0.260. The molecule has 2 rings (SSSR count). The summed E-state index contributed by atoms with van der Waals surface area (Å²) in [5.74, 6) is 0. The molecular weight excluding hydrogens is 231 g/mol. The van der Waals surface area contributed by atoms with Crippen molar-refractivity contribution in [1.29, 1.82) is 0 Å². The second-order valence-electron chi connectivity index (χ2n) is 4.08. The Hall–Kier alpha value is -0.310. The van der Waals surface area contributed by atoms with E-state index in [-0.39, 0.29) is 5.38 Å². The largest absolute Gasteiger partial charge is 0.295 e. The van der Waals surface area contributed by atoms with E-state index in [1.165, 1.54) is 0 Å². The van der Waals surface area contributed by atoms with Gasteiger partial charge in [-0.05, 0) is 25.0 Å². The lowest BCUT2D eigenvalue weighted by atomic mass is 10.2. The highest BCUT2D eigenvalue weighted by atomic mass is 35.5. The van der Waals surface area contributed by atoms with Crippen LogP contribution in [0.5, 0.6) is 0 Å². The molecule has 82 valence electrons. The summed E-state index contributed by atoms with van der Waals surface area (Å²) in [6, 6.07) is 2.51. The molecule has 2 heterocycles. The molecule has 0 aromatic carbocycles. The summed E-state index contributed by atoms with van der Waals surface area (Å²) in [4.78, 5) is 6.34. The van der Waals surface area contributed by atoms with Crippen LogP contribution in [0.15, 0.2) is 18.5 Å². The van der Waals surface area contributed by atoms with Crippen LogP contribution in [0, 0.1) is 0 Å². The number of nitrogens with zero attached hydrogens (tertiary/aromatic N) is 2. The van der Waals surface area contributed by atoms with Gasteiger partial charge in [-0.3, -0.25) is 9.88 Å². The summed E-state index contributed by atoms with van der Waals surface area (Å²) in [5.41, 5.74) is 1.13. The van der Waals surface area contributed by atoms with Crippen LogP contribution in [0.3, 0.4) is 0 Å². The van der Waals surface area contributed by atoms with Crippen LogP contribution < -0.4 is 0 Å². The van der Waals surface area contributed by atoms with Gasteiger partial charge in [-0.1, -0.05) is 11.6 Å². The molecule has 4 heteroatoms. The maximum absolute atomic E-state index is 6.12. The smallest absolute Gasteiger partial charge is 0.0634 e. The van der Waals surface area contributed by atoms with Crippen molar-refractivity contribution in [2.24, 2.45) is 0 Å². The molecule has 2 nitrogen and oxygen atoms in total. The van der Waals surface area contributed by atoms with Gasteiger partial charge in [-0.25, -0.2) is 0 Å². The summed E-state index contributed by atoms with van der Waals surface area (Å²) < 4.78 is 0. The van der Waals surface area contributed by atoms with E-state index in [4.69, 9.17) is 23.2 Å². The minimum atomic E-state index is 0.278. The lowest BCUT2D eigenvalue weighted by Crippen LogP contribution is -2.26. The fourth-order valence-corrected chi connectivity index (χ4v) is 2.61. The third-order valence-electron chi connectivity index (χ3n) is 2.88. The van der Waals surface area contributed by atoms with E-state index >= 15 is 0 Å². The minimum absolute atomic E-state index is 0.278. The molecule has 2 unspecified atom stereocenters. The molecule has 0 aliphatic carbocycles. The highest BCUT2D eigenvalue weighted by molar-refractivity contribution is 6.31. The third kappa shape index (κ3) is 2.63. The molecule has 1 aliphatic rings. The van der Waals surface area contributed by atoms with Gasteiger partial charge in [0.15, 0.2) is 0 Å². The molecule has 1 aliphatic heterocycles. The standard InChI is InChI=1S/C11H14Cl2N2/c1-8-4-10(12)7-15(8)6-9-2-3-14-5-11(9)13/h2-3,5,8,10H,4,6-7H2,1H3. The molecule has 1 aromatic heterocycles. The topological polar surface area (TPSA) is 16.1 Å². The van der Waals surface area contributed by atoms with Crippen molar-refractivity contribution in [2.45, 2.75) is 31.3 Å². The van der Waals surface area contributed by atoms with Gasteiger partial charge in [-0.15, -0.1) is 11.6 Å². The fraction of sp³-hybridized carbons (Fsp3) is 0.545. The van der Waals surface area contributed by atoms with Crippen molar-refractivity contribution in [3.8, 4) is 0 Å². The van der Waals surface area contributed by atoms with Crippen molar-refractivity contribution in [3.05, 3.63) is 29.0 Å². The first-order valence-electron chi connectivity index (χ1n) is 5.13. The Morgan fingerprint density at radius 1 is 1.60 bits per heavy atom. The second-order valence-corrected chi connectivity index (χ2v) is 5.10. The second kappa shape index (κ2) is 4.69. The summed E-state index contributed by atoms with van der Waals surface area (Å²) >= 11 is 12.2. The lowest BCUT2D eigenvalue weighted by Gasteiger charge is -2.21. The minimum Gasteiger partial charge on any atom is -0.295 e. The zero-order chi connectivity index (χ0) is 10.8. The maximum Gasteiger partial charge on any atom is 0.0634 e. The van der Waals surface area contributed by atoms with E-state index in [0.717, 1.165) is 30.1 Å². The highest BCUT2D eigenvalue weighted by Crippen LogP contribution is 2.25. The summed E-state index contributed by atoms with van der Waals surface area (Å²) in [6.45, 7) is 4.02. The van der Waals surface area contributed by atoms with Crippen molar-refractivity contribution in [1.82, 2.24) is 9.88 Å². The molecule has 0 spiro atoms. The molecule has 1 aromatic rings. The monoisotopic (exact) mass is 244 g/mol. The number of aromatic nitrogens is 1. The summed E-state index contributed by atoms with van der Waals surface area (Å²) in [7, 11) is 0. The van der Waals surface area contributed by atoms with Crippen LogP contribution in [-0.4, -0.2) is 27.8 Å². The van der Waals surface area contributed by atoms with E-state index in [0.29, 0.717) is 6.04 Å². The normalized spacial score (nSPS) is 27.1. The van der Waals surface area contributed by atoms with Crippen LogP contribution in [-0.2, 0) is 6.54 Å². The van der Waals surface area contributed by atoms with E-state index < -0.39 is 0 Å². The molecule has 0 amide bonds. The van der Waals surface area contributed by atoms with Gasteiger partial charge in [0.1, 0.15) is 0 Å². The van der Waals surface area contributed by atoms with Gasteiger partial charge < -0.3 is 0 Å². The molecule has 1 saturated heterocycles. The number of likely N-dealkylation sites (tertiary alicyclic amines) is 1. The number of alkyl halides is 1. The highest BCUT2D eigenvalue weighted by Gasteiger charge is 2.27. The maximum atomic E-state index is 6.12. The molecule has 15 heavy (non-hydrogen) atoms. The molecule has 0 radical (unpaired) electrons. The molecule has 2 atom stereocenters. The Morgan fingerprint density at radius 2 is 2.40 bits per heavy atom. The predicted molar refractivity (Wildman–Crippen MR) is 63.4 cm³/mol. The molecular formula is C11H14Cl2N2. The summed E-state index contributed by atoms with van der Waals surface area (Å²) in [6.07, 6.45) is 4.53. The van der Waals surface area contributed by atoms with Gasteiger partial charge in [0.05, 0.1) is 5.02 Å². The molecule has 0 N–H and O–H groups in total. The van der Waals surface area contributed by atoms with Gasteiger partial charge in [0, 0.05) is 36.9 Å². The van der Waals surface area contributed by atoms with Crippen molar-refractivity contribution in [3.63, 3.8) is 0 Å². The van der Waals surface area contributed by atoms with Crippen molar-refractivity contribution >= 4 is 23.2 Å². The van der Waals surface area contributed by atoms with Crippen LogP contribution in [0.25, 0.3) is 0 Å². The van der Waals surface area contributed by atoms with Crippen LogP contribution in [0.1, 0.15) is 18.9 Å². The SMILES string of the molecule is CC1CC(Cl)CN1Cc1ccncc1Cl. The van der Waals surface area contributed by atoms with Gasteiger partial charge >= 0.3 is 0 Å². The van der Waals surface area contributed by atoms with E-state index in [2.05, 4.69) is 16.8 Å². The predicted octanol–water partition coefficient (Wildman–Crippen LogP) is 2.94. The Balaban J connectivity index is 2.06. The van der Waals surface area contributed by atoms with Crippen LogP contribution >= 0.6 is 23.2 Å². The van der Waals surface area contributed by atoms with Crippen LogP contribution in [0.2, 0.25) is 5.02 Å². The average molecular weight is 245 g/mol. The van der Waals surface area contributed by atoms with Gasteiger partial charge in [0.2, 0.25) is 0 Å². The molecule has 1 fully saturated rings. The van der Waals surface area contributed by atoms with Gasteiger partial charge in [0.25, 0.3) is 0 Å². The Labute approximate surface area is 100 Å². The quantitative estimate of drug-likeness (QED) is 0.745. The number of hydrogen-bond donors (Lipinski definition) is 0. The van der Waals surface area contributed by atoms with Crippen molar-refractivity contribution in [2.75, 3.05) is 6.54 Å². The van der Waals surface area contributed by atoms with E-state index in [9.17, 15) is 0 Å². The number of hydrogen-bond acceptors (Lipinski definition) is 2. The first kappa shape index (κ1) is 11.2. The number of halogens is 2. The third-order valence-corrected chi connectivity index (χ3v) is 3.54. The first-order chi connectivity index (χ1) is 7.16. The first-order valence-corrected chi connectivity index (χ1v) is 5.94. The Bertz CT molecular complexity index is 343. The van der Waals surface area contributed by atoms with E-state index in [1.54, 1.807) is 12.4 Å². The summed E-state index contributed by atoms with van der Waals surface area (Å²) in [5, 5.41) is 1.02. The Kier molecular flexibility index (Phi) is 3.49. The number of pyridine rings is 1. The van der Waals surface area contributed by atoms with E-state index in [1.807, 2.05) is 6.07 Å².